The molecule has 0 amide bonds. The molecular formula is C18H10I2O6S. The van der Waals surface area contributed by atoms with Gasteiger partial charge in [-0.3, -0.25) is 0 Å². The Morgan fingerprint density at radius 1 is 1.04 bits per heavy atom. The molecule has 27 heavy (non-hydrogen) atoms. The second-order valence-electron chi connectivity index (χ2n) is 5.97. The monoisotopic (exact) mass is 608 g/mol. The Bertz CT molecular complexity index is 1240. The molecule has 1 aromatic carbocycles. The van der Waals surface area contributed by atoms with Gasteiger partial charge in [0, 0.05) is 18.5 Å². The summed E-state index contributed by atoms with van der Waals surface area (Å²) in [4.78, 5) is 23.5. The molecule has 1 aliphatic carbocycles. The number of carbonyl (C=O) groups excluding carboxylic acids is 1. The standard InChI is InChI=1S/C18H10I2O6S/c19-11-1-3-13-9(5-11)7-15(17(21)25-13)27(23,24)16-8-10-6-12(20)2-4-14(10)26-18(16)22/h1-9,13H. The van der Waals surface area contributed by atoms with Crippen LogP contribution in [-0.2, 0) is 19.4 Å². The Hall–Kier alpha value is -1.47. The van der Waals surface area contributed by atoms with Crippen molar-refractivity contribution in [3.8, 4) is 0 Å². The molecule has 6 nitrogen and oxygen atoms in total. The van der Waals surface area contributed by atoms with Crippen LogP contribution in [0, 0.1) is 9.49 Å². The lowest BCUT2D eigenvalue weighted by Crippen LogP contribution is -2.33. The molecule has 0 radical (unpaired) electrons. The Balaban J connectivity index is 1.87. The number of ether oxygens (including phenoxy) is 1. The van der Waals surface area contributed by atoms with E-state index in [0.29, 0.717) is 5.39 Å². The van der Waals surface area contributed by atoms with Crippen LogP contribution < -0.4 is 5.63 Å². The van der Waals surface area contributed by atoms with Crippen LogP contribution in [0.1, 0.15) is 0 Å². The van der Waals surface area contributed by atoms with Crippen LogP contribution in [-0.4, -0.2) is 20.5 Å². The molecule has 0 fully saturated rings. The molecule has 2 heterocycles. The van der Waals surface area contributed by atoms with Gasteiger partial charge in [-0.15, -0.1) is 0 Å². The molecule has 2 aromatic rings. The highest BCUT2D eigenvalue weighted by atomic mass is 127. The molecule has 2 atom stereocenters. The topological polar surface area (TPSA) is 90.7 Å². The molecule has 2 aliphatic rings. The molecule has 0 N–H and O–H groups in total. The lowest BCUT2D eigenvalue weighted by molar-refractivity contribution is -0.143. The SMILES string of the molecule is O=C1OC2C=CC(I)=CC2C=C1S(=O)(=O)c1cc2cc(I)ccc2oc1=O. The van der Waals surface area contributed by atoms with Crippen molar-refractivity contribution >= 4 is 72.0 Å². The number of fused-ring (bicyclic) bond motifs is 2. The van der Waals surface area contributed by atoms with Crippen molar-refractivity contribution in [1.29, 1.82) is 0 Å². The van der Waals surface area contributed by atoms with Gasteiger partial charge >= 0.3 is 11.6 Å². The summed E-state index contributed by atoms with van der Waals surface area (Å²) in [6.45, 7) is 0. The van der Waals surface area contributed by atoms with Gasteiger partial charge in [0.2, 0.25) is 9.84 Å². The van der Waals surface area contributed by atoms with Crippen LogP contribution in [0.2, 0.25) is 0 Å². The molecule has 4 rings (SSSR count). The first-order valence-corrected chi connectivity index (χ1v) is 11.4. The van der Waals surface area contributed by atoms with Crippen LogP contribution in [0.15, 0.2) is 71.2 Å². The highest BCUT2D eigenvalue weighted by Gasteiger charge is 2.39. The first-order valence-electron chi connectivity index (χ1n) is 7.72. The van der Waals surface area contributed by atoms with E-state index in [9.17, 15) is 18.0 Å². The fraction of sp³-hybridized carbons (Fsp3) is 0.111. The quantitative estimate of drug-likeness (QED) is 0.295. The largest absolute Gasteiger partial charge is 0.453 e. The fourth-order valence-corrected chi connectivity index (χ4v) is 5.44. The number of hydrogen-bond acceptors (Lipinski definition) is 6. The maximum Gasteiger partial charge on any atom is 0.355 e. The van der Waals surface area contributed by atoms with Crippen LogP contribution in [0.3, 0.4) is 0 Å². The van der Waals surface area contributed by atoms with Gasteiger partial charge in [-0.1, -0.05) is 6.08 Å². The Morgan fingerprint density at radius 2 is 1.81 bits per heavy atom. The van der Waals surface area contributed by atoms with Gasteiger partial charge in [-0.05, 0) is 87.7 Å². The second kappa shape index (κ2) is 6.85. The van der Waals surface area contributed by atoms with Crippen molar-refractivity contribution in [2.24, 2.45) is 5.92 Å². The smallest absolute Gasteiger partial charge is 0.355 e. The summed E-state index contributed by atoms with van der Waals surface area (Å²) in [6.07, 6.45) is 6.09. The van der Waals surface area contributed by atoms with E-state index in [4.69, 9.17) is 9.15 Å². The van der Waals surface area contributed by atoms with E-state index in [1.54, 1.807) is 36.4 Å². The number of sulfone groups is 1. The number of esters is 1. The molecule has 2 unspecified atom stereocenters. The maximum atomic E-state index is 13.0. The molecule has 0 saturated carbocycles. The van der Waals surface area contributed by atoms with Crippen LogP contribution in [0.25, 0.3) is 11.0 Å². The van der Waals surface area contributed by atoms with Crippen LogP contribution in [0.5, 0.6) is 0 Å². The second-order valence-corrected chi connectivity index (χ2v) is 10.4. The summed E-state index contributed by atoms with van der Waals surface area (Å²) >= 11 is 4.17. The average Bonchev–Trinajstić information content (AvgIpc) is 2.61. The number of benzene rings is 1. The third-order valence-electron chi connectivity index (χ3n) is 4.21. The van der Waals surface area contributed by atoms with Crippen molar-refractivity contribution < 1.29 is 22.4 Å². The van der Waals surface area contributed by atoms with Gasteiger partial charge < -0.3 is 9.15 Å². The summed E-state index contributed by atoms with van der Waals surface area (Å²) < 4.78 is 38.2. The summed E-state index contributed by atoms with van der Waals surface area (Å²) in [5, 5.41) is 0.456. The molecular weight excluding hydrogens is 598 g/mol. The molecule has 1 aliphatic heterocycles. The van der Waals surface area contributed by atoms with Gasteiger partial charge in [0.1, 0.15) is 11.7 Å². The van der Waals surface area contributed by atoms with Crippen molar-refractivity contribution in [1.82, 2.24) is 0 Å². The van der Waals surface area contributed by atoms with Gasteiger partial charge in [-0.25, -0.2) is 18.0 Å². The number of allylic oxidation sites excluding steroid dienone is 2. The molecule has 0 bridgehead atoms. The molecule has 0 spiro atoms. The van der Waals surface area contributed by atoms with Crippen LogP contribution >= 0.6 is 45.2 Å². The summed E-state index contributed by atoms with van der Waals surface area (Å²) in [5.41, 5.74) is -0.747. The highest BCUT2D eigenvalue weighted by Crippen LogP contribution is 2.33. The summed E-state index contributed by atoms with van der Waals surface area (Å²) in [5.74, 6) is -1.38. The normalized spacial score (nSPS) is 22.1. The van der Waals surface area contributed by atoms with E-state index in [0.717, 1.165) is 7.15 Å². The highest BCUT2D eigenvalue weighted by molar-refractivity contribution is 14.1. The Morgan fingerprint density at radius 3 is 2.59 bits per heavy atom. The first kappa shape index (κ1) is 18.9. The zero-order chi connectivity index (χ0) is 19.3. The van der Waals surface area contributed by atoms with E-state index in [2.05, 4.69) is 45.2 Å². The van der Waals surface area contributed by atoms with E-state index < -0.39 is 43.3 Å². The lowest BCUT2D eigenvalue weighted by atomic mass is 9.95. The first-order chi connectivity index (χ1) is 12.8. The Labute approximate surface area is 181 Å². The van der Waals surface area contributed by atoms with Crippen molar-refractivity contribution in [3.63, 3.8) is 0 Å². The average molecular weight is 608 g/mol. The lowest BCUT2D eigenvalue weighted by Gasteiger charge is -2.27. The minimum atomic E-state index is -4.39. The van der Waals surface area contributed by atoms with Crippen molar-refractivity contribution in [3.05, 3.63) is 71.0 Å². The summed E-state index contributed by atoms with van der Waals surface area (Å²) in [6, 6.07) is 6.26. The third kappa shape index (κ3) is 3.40. The minimum absolute atomic E-state index is 0.273. The predicted octanol–water partition coefficient (Wildman–Crippen LogP) is 3.49. The number of hydrogen-bond donors (Lipinski definition) is 0. The van der Waals surface area contributed by atoms with Crippen molar-refractivity contribution in [2.45, 2.75) is 11.0 Å². The van der Waals surface area contributed by atoms with Crippen LogP contribution in [0.4, 0.5) is 0 Å². The minimum Gasteiger partial charge on any atom is -0.453 e. The van der Waals surface area contributed by atoms with E-state index >= 15 is 0 Å². The Kier molecular flexibility index (Phi) is 4.79. The fourth-order valence-electron chi connectivity index (χ4n) is 2.92. The van der Waals surface area contributed by atoms with Gasteiger partial charge in [0.05, 0.1) is 0 Å². The summed E-state index contributed by atoms with van der Waals surface area (Å²) in [7, 11) is -4.39. The number of rotatable bonds is 2. The molecule has 138 valence electrons. The maximum absolute atomic E-state index is 13.0. The zero-order valence-electron chi connectivity index (χ0n) is 13.4. The third-order valence-corrected chi connectivity index (χ3v) is 7.34. The molecule has 0 saturated heterocycles. The van der Waals surface area contributed by atoms with E-state index in [-0.39, 0.29) is 5.58 Å². The number of halogens is 2. The van der Waals surface area contributed by atoms with E-state index in [1.165, 1.54) is 12.1 Å². The molecule has 1 aromatic heterocycles. The van der Waals surface area contributed by atoms with Gasteiger partial charge in [0.15, 0.2) is 9.80 Å². The van der Waals surface area contributed by atoms with Gasteiger partial charge in [-0.2, -0.15) is 0 Å². The predicted molar refractivity (Wildman–Crippen MR) is 115 cm³/mol. The molecule has 9 heteroatoms. The zero-order valence-corrected chi connectivity index (χ0v) is 18.5. The van der Waals surface area contributed by atoms with E-state index in [1.807, 2.05) is 0 Å². The van der Waals surface area contributed by atoms with Crippen molar-refractivity contribution in [2.75, 3.05) is 0 Å². The van der Waals surface area contributed by atoms with Gasteiger partial charge in [0.25, 0.3) is 0 Å². The number of carbonyl (C=O) groups is 1.